The molecule has 0 aliphatic heterocycles. The van der Waals surface area contributed by atoms with Crippen LogP contribution in [0.15, 0.2) is 48.8 Å². The molecule has 0 aliphatic carbocycles. The van der Waals surface area contributed by atoms with Crippen LogP contribution < -0.4 is 10.6 Å². The second-order valence-corrected chi connectivity index (χ2v) is 9.71. The molecule has 2 N–H and O–H groups in total. The van der Waals surface area contributed by atoms with Crippen LogP contribution in [-0.4, -0.2) is 24.7 Å². The molecule has 2 heterocycles. The van der Waals surface area contributed by atoms with Crippen LogP contribution in [0, 0.1) is 13.8 Å². The first-order chi connectivity index (χ1) is 16.2. The normalized spacial score (nSPS) is 11.0. The first-order valence-electron chi connectivity index (χ1n) is 10.2. The zero-order chi connectivity index (χ0) is 24.4. The first-order valence-corrected chi connectivity index (χ1v) is 12.1. The molecule has 0 amide bonds. The van der Waals surface area contributed by atoms with Crippen LogP contribution in [0.5, 0.6) is 0 Å². The van der Waals surface area contributed by atoms with E-state index in [1.807, 2.05) is 42.9 Å². The van der Waals surface area contributed by atoms with Crippen molar-refractivity contribution in [2.75, 3.05) is 10.6 Å². The number of rotatable bonds is 6. The first kappa shape index (κ1) is 24.8. The molecular weight excluding hydrogens is 534 g/mol. The lowest BCUT2D eigenvalue weighted by Crippen LogP contribution is -2.19. The van der Waals surface area contributed by atoms with Crippen LogP contribution >= 0.6 is 58.6 Å². The van der Waals surface area contributed by atoms with Crippen LogP contribution in [0.25, 0.3) is 0 Å². The van der Waals surface area contributed by atoms with E-state index in [4.69, 9.17) is 58.6 Å². The molecule has 4 rings (SSSR count). The largest absolute Gasteiger partial charge is 0.330 e. The zero-order valence-electron chi connectivity index (χ0n) is 18.2. The molecule has 0 saturated heterocycles. The molecule has 11 heteroatoms. The number of hydrogen-bond donors (Lipinski definition) is 2. The van der Waals surface area contributed by atoms with Gasteiger partial charge in [-0.05, 0) is 55.9 Å². The molecule has 2 aromatic carbocycles. The molecular formula is C23H20Cl4N6S. The lowest BCUT2D eigenvalue weighted by Gasteiger charge is -2.11. The molecule has 0 spiro atoms. The highest BCUT2D eigenvalue weighted by Crippen LogP contribution is 2.26. The monoisotopic (exact) mass is 552 g/mol. The summed E-state index contributed by atoms with van der Waals surface area (Å²) in [6.45, 7) is 4.85. The second kappa shape index (κ2) is 10.5. The minimum Gasteiger partial charge on any atom is -0.330 e. The highest BCUT2D eigenvalue weighted by molar-refractivity contribution is 7.80. The highest BCUT2D eigenvalue weighted by atomic mass is 35.5. The van der Waals surface area contributed by atoms with E-state index in [1.165, 1.54) is 0 Å². The lowest BCUT2D eigenvalue weighted by molar-refractivity contribution is 0.659. The van der Waals surface area contributed by atoms with E-state index in [-0.39, 0.29) is 0 Å². The third-order valence-electron chi connectivity index (χ3n) is 5.23. The molecule has 34 heavy (non-hydrogen) atoms. The fourth-order valence-electron chi connectivity index (χ4n) is 3.48. The fraction of sp³-hybridized carbons (Fsp3) is 0.174. The van der Waals surface area contributed by atoms with Gasteiger partial charge in [0.2, 0.25) is 0 Å². The molecule has 0 atom stereocenters. The third kappa shape index (κ3) is 5.67. The maximum absolute atomic E-state index is 6.33. The standard InChI is InChI=1S/C23H20Cl4N6S/c1-13-22(14(2)33(31-13)10-15-6-7-16(24)8-21(15)27)30-23(34)29-17-9-28-32(11-17)12-18-19(25)4-3-5-20(18)26/h3-9,11H,10,12H2,1-2H3,(H2,29,30,34). The van der Waals surface area contributed by atoms with Gasteiger partial charge in [0.15, 0.2) is 5.11 Å². The summed E-state index contributed by atoms with van der Waals surface area (Å²) in [5.74, 6) is 0. The Morgan fingerprint density at radius 3 is 2.41 bits per heavy atom. The van der Waals surface area contributed by atoms with E-state index in [2.05, 4.69) is 20.8 Å². The Bertz CT molecular complexity index is 1340. The average molecular weight is 554 g/mol. The Morgan fingerprint density at radius 1 is 0.971 bits per heavy atom. The van der Waals surface area contributed by atoms with Gasteiger partial charge < -0.3 is 10.6 Å². The average Bonchev–Trinajstić information content (AvgIpc) is 3.32. The highest BCUT2D eigenvalue weighted by Gasteiger charge is 2.15. The summed E-state index contributed by atoms with van der Waals surface area (Å²) in [5.41, 5.74) is 5.04. The molecule has 0 bridgehead atoms. The topological polar surface area (TPSA) is 59.7 Å². The Labute approximate surface area is 222 Å². The van der Waals surface area contributed by atoms with Crippen molar-refractivity contribution in [2.45, 2.75) is 26.9 Å². The fourth-order valence-corrected chi connectivity index (χ4v) is 4.68. The van der Waals surface area contributed by atoms with Crippen molar-refractivity contribution in [3.05, 3.63) is 91.4 Å². The Hall–Kier alpha value is -2.29. The number of anilines is 2. The summed E-state index contributed by atoms with van der Waals surface area (Å²) in [4.78, 5) is 0. The van der Waals surface area contributed by atoms with E-state index >= 15 is 0 Å². The number of aromatic nitrogens is 4. The van der Waals surface area contributed by atoms with Gasteiger partial charge in [-0.15, -0.1) is 0 Å². The molecule has 0 fully saturated rings. The van der Waals surface area contributed by atoms with Crippen LogP contribution in [0.4, 0.5) is 11.4 Å². The van der Waals surface area contributed by atoms with Gasteiger partial charge in [0.05, 0.1) is 42.0 Å². The van der Waals surface area contributed by atoms with Gasteiger partial charge in [-0.2, -0.15) is 10.2 Å². The third-order valence-corrected chi connectivity index (χ3v) is 6.73. The summed E-state index contributed by atoms with van der Waals surface area (Å²) in [7, 11) is 0. The van der Waals surface area contributed by atoms with Crippen molar-refractivity contribution in [2.24, 2.45) is 0 Å². The maximum Gasteiger partial charge on any atom is 0.175 e. The number of benzene rings is 2. The van der Waals surface area contributed by atoms with Crippen molar-refractivity contribution in [1.82, 2.24) is 19.6 Å². The molecule has 6 nitrogen and oxygen atoms in total. The van der Waals surface area contributed by atoms with Crippen molar-refractivity contribution < 1.29 is 0 Å². The lowest BCUT2D eigenvalue weighted by atomic mass is 10.2. The Kier molecular flexibility index (Phi) is 7.70. The van der Waals surface area contributed by atoms with Crippen LogP contribution in [0.2, 0.25) is 20.1 Å². The Morgan fingerprint density at radius 2 is 1.71 bits per heavy atom. The van der Waals surface area contributed by atoms with Gasteiger partial charge in [0.25, 0.3) is 0 Å². The summed E-state index contributed by atoms with van der Waals surface area (Å²) < 4.78 is 3.61. The van der Waals surface area contributed by atoms with Gasteiger partial charge in [-0.1, -0.05) is 58.5 Å². The van der Waals surface area contributed by atoms with Crippen LogP contribution in [0.3, 0.4) is 0 Å². The smallest absolute Gasteiger partial charge is 0.175 e. The number of hydrogen-bond acceptors (Lipinski definition) is 3. The van der Waals surface area contributed by atoms with Crippen molar-refractivity contribution >= 4 is 75.1 Å². The number of halogens is 4. The van der Waals surface area contributed by atoms with E-state index in [0.717, 1.165) is 33.9 Å². The predicted octanol–water partition coefficient (Wildman–Crippen LogP) is 7.22. The molecule has 0 saturated carbocycles. The van der Waals surface area contributed by atoms with Crippen LogP contribution in [-0.2, 0) is 13.1 Å². The minimum absolute atomic E-state index is 0.422. The van der Waals surface area contributed by atoms with Gasteiger partial charge in [0, 0.05) is 31.9 Å². The van der Waals surface area contributed by atoms with E-state index < -0.39 is 0 Å². The number of nitrogens with one attached hydrogen (secondary N) is 2. The van der Waals surface area contributed by atoms with Gasteiger partial charge in [0.1, 0.15) is 0 Å². The van der Waals surface area contributed by atoms with E-state index in [9.17, 15) is 0 Å². The molecule has 0 radical (unpaired) electrons. The molecule has 176 valence electrons. The Balaban J connectivity index is 1.43. The summed E-state index contributed by atoms with van der Waals surface area (Å²) in [6, 6.07) is 10.8. The van der Waals surface area contributed by atoms with Gasteiger partial charge in [-0.3, -0.25) is 9.36 Å². The summed E-state index contributed by atoms with van der Waals surface area (Å²) >= 11 is 30.4. The summed E-state index contributed by atoms with van der Waals surface area (Å²) in [5, 5.41) is 18.2. The summed E-state index contributed by atoms with van der Waals surface area (Å²) in [6.07, 6.45) is 3.52. The second-order valence-electron chi connectivity index (χ2n) is 7.65. The predicted molar refractivity (Wildman–Crippen MR) is 145 cm³/mol. The minimum atomic E-state index is 0.422. The maximum atomic E-state index is 6.33. The zero-order valence-corrected chi connectivity index (χ0v) is 22.1. The molecule has 4 aromatic rings. The SMILES string of the molecule is Cc1nn(Cc2ccc(Cl)cc2Cl)c(C)c1NC(=S)Nc1cnn(Cc2c(Cl)cccc2Cl)c1. The van der Waals surface area contributed by atoms with Gasteiger partial charge >= 0.3 is 0 Å². The molecule has 0 unspecified atom stereocenters. The quantitative estimate of drug-likeness (QED) is 0.247. The van der Waals surface area contributed by atoms with Crippen LogP contribution in [0.1, 0.15) is 22.5 Å². The molecule has 2 aromatic heterocycles. The molecule has 0 aliphatic rings. The number of aryl methyl sites for hydroxylation is 1. The van der Waals surface area contributed by atoms with Crippen molar-refractivity contribution in [1.29, 1.82) is 0 Å². The van der Waals surface area contributed by atoms with Crippen molar-refractivity contribution in [3.63, 3.8) is 0 Å². The van der Waals surface area contributed by atoms with Gasteiger partial charge in [-0.25, -0.2) is 0 Å². The van der Waals surface area contributed by atoms with E-state index in [1.54, 1.807) is 29.1 Å². The number of thiocarbonyl (C=S) groups is 1. The van der Waals surface area contributed by atoms with Crippen molar-refractivity contribution in [3.8, 4) is 0 Å². The number of nitrogens with zero attached hydrogens (tertiary/aromatic N) is 4. The van der Waals surface area contributed by atoms with E-state index in [0.29, 0.717) is 38.3 Å².